The van der Waals surface area contributed by atoms with Crippen molar-refractivity contribution in [3.63, 3.8) is 0 Å². The molecular weight excluding hydrogens is 271 g/mol. The Hall–Kier alpha value is -1.91. The van der Waals surface area contributed by atoms with Crippen LogP contribution in [0.1, 0.15) is 0 Å². The van der Waals surface area contributed by atoms with Gasteiger partial charge >= 0.3 is 6.16 Å². The first-order valence-corrected chi connectivity index (χ1v) is 7.02. The summed E-state index contributed by atoms with van der Waals surface area (Å²) in [4.78, 5) is 21.7. The van der Waals surface area contributed by atoms with Gasteiger partial charge in [-0.1, -0.05) is 24.8 Å². The fraction of sp³-hybridized carbons (Fsp3) is 0.167. The quantitative estimate of drug-likeness (QED) is 0.251. The van der Waals surface area contributed by atoms with Gasteiger partial charge in [-0.3, -0.25) is 9.36 Å². The highest BCUT2D eigenvalue weighted by molar-refractivity contribution is 7.80. The molecule has 0 aromatic heterocycles. The SMILES string of the molecule is C=COC(=O)OCCOP(=O)(C=O)c1ccccc1. The highest BCUT2D eigenvalue weighted by Crippen LogP contribution is 2.41. The number of rotatable bonds is 7. The summed E-state index contributed by atoms with van der Waals surface area (Å²) >= 11 is 0. The van der Waals surface area contributed by atoms with Crippen molar-refractivity contribution in [3.05, 3.63) is 43.2 Å². The van der Waals surface area contributed by atoms with Crippen LogP contribution in [0, 0.1) is 0 Å². The molecule has 7 heteroatoms. The maximum Gasteiger partial charge on any atom is 0.513 e. The Bertz CT molecular complexity index is 484. The van der Waals surface area contributed by atoms with Crippen LogP contribution in [0.3, 0.4) is 0 Å². The van der Waals surface area contributed by atoms with Crippen LogP contribution in [0.2, 0.25) is 0 Å². The number of benzene rings is 1. The average Bonchev–Trinajstić information content (AvgIpc) is 2.44. The van der Waals surface area contributed by atoms with Crippen molar-refractivity contribution >= 4 is 24.9 Å². The van der Waals surface area contributed by atoms with Crippen LogP contribution in [0.25, 0.3) is 0 Å². The molecule has 0 saturated carbocycles. The average molecular weight is 284 g/mol. The maximum absolute atomic E-state index is 12.2. The van der Waals surface area contributed by atoms with Crippen molar-refractivity contribution in [2.75, 3.05) is 13.2 Å². The molecule has 1 aromatic carbocycles. The molecule has 0 aliphatic carbocycles. The Morgan fingerprint density at radius 2 is 1.95 bits per heavy atom. The van der Waals surface area contributed by atoms with Crippen molar-refractivity contribution in [3.8, 4) is 0 Å². The Kier molecular flexibility index (Phi) is 5.99. The fourth-order valence-electron chi connectivity index (χ4n) is 1.20. The Balaban J connectivity index is 2.50. The van der Waals surface area contributed by atoms with E-state index in [4.69, 9.17) is 4.52 Å². The van der Waals surface area contributed by atoms with E-state index in [1.54, 1.807) is 18.2 Å². The van der Waals surface area contributed by atoms with Gasteiger partial charge < -0.3 is 14.0 Å². The van der Waals surface area contributed by atoms with E-state index in [1.807, 2.05) is 0 Å². The van der Waals surface area contributed by atoms with Gasteiger partial charge in [0.2, 0.25) is 6.03 Å². The van der Waals surface area contributed by atoms with Gasteiger partial charge in [-0.25, -0.2) is 4.79 Å². The summed E-state index contributed by atoms with van der Waals surface area (Å²) in [6, 6.07) is 8.35. The summed E-state index contributed by atoms with van der Waals surface area (Å²) in [5.41, 5.74) is 0. The van der Waals surface area contributed by atoms with E-state index in [1.165, 1.54) is 12.1 Å². The predicted molar refractivity (Wildman–Crippen MR) is 69.0 cm³/mol. The first-order chi connectivity index (χ1) is 9.12. The zero-order valence-corrected chi connectivity index (χ0v) is 11.0. The third kappa shape index (κ3) is 4.69. The van der Waals surface area contributed by atoms with E-state index in [0.29, 0.717) is 5.30 Å². The molecule has 1 unspecified atom stereocenters. The second-order valence-corrected chi connectivity index (χ2v) is 5.43. The summed E-state index contributed by atoms with van der Waals surface area (Å²) in [5.74, 6) is 0. The molecule has 1 atom stereocenters. The Labute approximate surface area is 110 Å². The number of carbonyl (C=O) groups excluding carboxylic acids is 2. The standard InChI is InChI=1S/C12H13O6P/c1-2-16-12(14)17-8-9-18-19(15,10-13)11-6-4-3-5-7-11/h2-7,10H,1,8-9H2. The summed E-state index contributed by atoms with van der Waals surface area (Å²) in [6.45, 7) is 2.81. The van der Waals surface area contributed by atoms with Gasteiger partial charge in [-0.05, 0) is 12.1 Å². The van der Waals surface area contributed by atoms with E-state index >= 15 is 0 Å². The molecule has 19 heavy (non-hydrogen) atoms. The predicted octanol–water partition coefficient (Wildman–Crippen LogP) is 2.09. The second-order valence-electron chi connectivity index (χ2n) is 3.25. The molecule has 0 radical (unpaired) electrons. The molecule has 0 saturated heterocycles. The molecule has 0 spiro atoms. The third-order valence-corrected chi connectivity index (χ3v) is 3.88. The summed E-state index contributed by atoms with van der Waals surface area (Å²) in [5, 5.41) is 0.290. The lowest BCUT2D eigenvalue weighted by atomic mass is 10.4. The molecule has 6 nitrogen and oxygen atoms in total. The van der Waals surface area contributed by atoms with Gasteiger partial charge in [0.1, 0.15) is 6.61 Å². The van der Waals surface area contributed by atoms with Crippen LogP contribution < -0.4 is 5.30 Å². The van der Waals surface area contributed by atoms with Crippen molar-refractivity contribution in [1.29, 1.82) is 0 Å². The van der Waals surface area contributed by atoms with E-state index in [9.17, 15) is 14.2 Å². The highest BCUT2D eigenvalue weighted by atomic mass is 31.2. The van der Waals surface area contributed by atoms with Gasteiger partial charge in [0, 0.05) is 5.30 Å². The molecule has 102 valence electrons. The van der Waals surface area contributed by atoms with Gasteiger partial charge in [0.15, 0.2) is 0 Å². The van der Waals surface area contributed by atoms with Crippen LogP contribution >= 0.6 is 7.37 Å². The van der Waals surface area contributed by atoms with Crippen LogP contribution in [0.15, 0.2) is 43.2 Å². The van der Waals surface area contributed by atoms with E-state index < -0.39 is 13.5 Å². The van der Waals surface area contributed by atoms with Crippen molar-refractivity contribution in [2.24, 2.45) is 0 Å². The number of hydrogen-bond acceptors (Lipinski definition) is 6. The monoisotopic (exact) mass is 284 g/mol. The van der Waals surface area contributed by atoms with Crippen molar-refractivity contribution in [2.45, 2.75) is 0 Å². The minimum absolute atomic E-state index is 0.183. The highest BCUT2D eigenvalue weighted by Gasteiger charge is 2.24. The van der Waals surface area contributed by atoms with Gasteiger partial charge in [0.05, 0.1) is 12.9 Å². The third-order valence-electron chi connectivity index (χ3n) is 2.02. The van der Waals surface area contributed by atoms with Crippen LogP contribution in [0.4, 0.5) is 4.79 Å². The van der Waals surface area contributed by atoms with Gasteiger partial charge in [-0.15, -0.1) is 0 Å². The zero-order chi connectivity index (χ0) is 14.1. The molecule has 1 aromatic rings. The van der Waals surface area contributed by atoms with Crippen LogP contribution in [-0.2, 0) is 23.4 Å². The minimum atomic E-state index is -3.56. The molecule has 0 aliphatic rings. The van der Waals surface area contributed by atoms with Crippen molar-refractivity contribution < 1.29 is 28.2 Å². The first-order valence-electron chi connectivity index (χ1n) is 5.33. The van der Waals surface area contributed by atoms with Gasteiger partial charge in [0.25, 0.3) is 7.37 Å². The normalized spacial score (nSPS) is 13.1. The fourth-order valence-corrected chi connectivity index (χ4v) is 2.47. The van der Waals surface area contributed by atoms with Crippen LogP contribution in [-0.4, -0.2) is 25.4 Å². The molecule has 0 N–H and O–H groups in total. The second kappa shape index (κ2) is 7.51. The largest absolute Gasteiger partial charge is 0.513 e. The minimum Gasteiger partial charge on any atom is -0.432 e. The summed E-state index contributed by atoms with van der Waals surface area (Å²) in [6.07, 6.45) is -0.0250. The Morgan fingerprint density at radius 1 is 1.26 bits per heavy atom. The Morgan fingerprint density at radius 3 is 2.53 bits per heavy atom. The molecule has 0 heterocycles. The summed E-state index contributed by atoms with van der Waals surface area (Å²) < 4.78 is 26.1. The lowest BCUT2D eigenvalue weighted by Gasteiger charge is -2.12. The maximum atomic E-state index is 12.2. The van der Waals surface area contributed by atoms with Crippen molar-refractivity contribution in [1.82, 2.24) is 0 Å². The number of carbonyl (C=O) groups is 2. The molecular formula is C12H13O6P. The van der Waals surface area contributed by atoms with E-state index in [2.05, 4.69) is 16.1 Å². The topological polar surface area (TPSA) is 78.9 Å². The van der Waals surface area contributed by atoms with E-state index in [-0.39, 0.29) is 19.2 Å². The lowest BCUT2D eigenvalue weighted by Crippen LogP contribution is -2.13. The molecule has 0 fully saturated rings. The number of ether oxygens (including phenoxy) is 2. The van der Waals surface area contributed by atoms with E-state index in [0.717, 1.165) is 6.26 Å². The summed E-state index contributed by atoms with van der Waals surface area (Å²) in [7, 11) is -3.56. The zero-order valence-electron chi connectivity index (χ0n) is 10.1. The smallest absolute Gasteiger partial charge is 0.432 e. The lowest BCUT2D eigenvalue weighted by molar-refractivity contribution is 0.0733. The first kappa shape index (κ1) is 15.1. The molecule has 0 bridgehead atoms. The molecule has 1 rings (SSSR count). The van der Waals surface area contributed by atoms with Crippen LogP contribution in [0.5, 0.6) is 0 Å². The molecule has 0 amide bonds. The van der Waals surface area contributed by atoms with Gasteiger partial charge in [-0.2, -0.15) is 0 Å². The number of hydrogen-bond donors (Lipinski definition) is 0. The molecule has 0 aliphatic heterocycles.